The average Bonchev–Trinajstić information content (AvgIpc) is 3.06. The van der Waals surface area contributed by atoms with Gasteiger partial charge in [-0.3, -0.25) is 4.79 Å². The molecular weight excluding hydrogens is 370 g/mol. The molecular formula is C27H47NO2. The Morgan fingerprint density at radius 2 is 1.73 bits per heavy atom. The first kappa shape index (κ1) is 22.6. The number of aliphatic carboxylic acids is 1. The average molecular weight is 418 g/mol. The van der Waals surface area contributed by atoms with E-state index >= 15 is 0 Å². The molecule has 0 aromatic rings. The van der Waals surface area contributed by atoms with E-state index in [1.807, 2.05) is 7.05 Å². The molecule has 0 bridgehead atoms. The number of likely N-dealkylation sites (N-methyl/N-ethyl adjacent to an activating group) is 1. The molecule has 0 aliphatic heterocycles. The zero-order valence-electron chi connectivity index (χ0n) is 20.3. The third kappa shape index (κ3) is 3.46. The molecule has 0 amide bonds. The van der Waals surface area contributed by atoms with Gasteiger partial charge in [0, 0.05) is 0 Å². The maximum absolute atomic E-state index is 11.7. The summed E-state index contributed by atoms with van der Waals surface area (Å²) >= 11 is 0. The molecule has 0 heterocycles. The van der Waals surface area contributed by atoms with Crippen LogP contribution in [-0.4, -0.2) is 24.2 Å². The first-order valence-corrected chi connectivity index (χ1v) is 13.2. The van der Waals surface area contributed by atoms with Crippen molar-refractivity contribution in [1.82, 2.24) is 5.32 Å². The lowest BCUT2D eigenvalue weighted by Gasteiger charge is -2.61. The van der Waals surface area contributed by atoms with E-state index in [1.54, 1.807) is 0 Å². The van der Waals surface area contributed by atoms with Crippen molar-refractivity contribution in [3.63, 3.8) is 0 Å². The monoisotopic (exact) mass is 417 g/mol. The maximum atomic E-state index is 11.7. The predicted octanol–water partition coefficient (Wildman–Crippen LogP) is 6.37. The Hall–Kier alpha value is -0.570. The van der Waals surface area contributed by atoms with E-state index in [-0.39, 0.29) is 6.04 Å². The number of rotatable bonds is 6. The molecule has 0 aromatic heterocycles. The molecule has 10 atom stereocenters. The van der Waals surface area contributed by atoms with Crippen molar-refractivity contribution >= 4 is 5.97 Å². The zero-order chi connectivity index (χ0) is 21.7. The van der Waals surface area contributed by atoms with Gasteiger partial charge in [0.1, 0.15) is 6.04 Å². The van der Waals surface area contributed by atoms with Crippen LogP contribution in [0.15, 0.2) is 0 Å². The smallest absolute Gasteiger partial charge is 0.320 e. The van der Waals surface area contributed by atoms with Crippen LogP contribution in [0.5, 0.6) is 0 Å². The van der Waals surface area contributed by atoms with Gasteiger partial charge in [-0.05, 0) is 117 Å². The third-order valence-corrected chi connectivity index (χ3v) is 11.3. The molecule has 3 heteroatoms. The van der Waals surface area contributed by atoms with Gasteiger partial charge in [-0.1, -0.05) is 40.5 Å². The summed E-state index contributed by atoms with van der Waals surface area (Å²) in [5.41, 5.74) is 1.03. The second kappa shape index (κ2) is 8.41. The number of carboxylic acids is 1. The number of fused-ring (bicyclic) bond motifs is 5. The number of nitrogens with one attached hydrogen (secondary N) is 1. The standard InChI is InChI=1S/C27H47NO2/c1-6-7-17(2)21-10-11-22-20-9-8-19-16-18(24(28-5)25(29)30)12-14-26(19,3)23(20)13-15-27(21,22)4/h17-24,28H,6-16H2,1-5H3,(H,29,30)/t17-,18?,19?,20?,21-,22?,23?,24+,26+,27-/m1/s1. The SMILES string of the molecule is CCC[C@@H](C)[C@H]1CCC2C3CCC4CC([C@H](NC)C(=O)O)CC[C@]4(C)C3CC[C@@]21C. The highest BCUT2D eigenvalue weighted by molar-refractivity contribution is 5.73. The Morgan fingerprint density at radius 1 is 1.03 bits per heavy atom. The summed E-state index contributed by atoms with van der Waals surface area (Å²) in [4.78, 5) is 11.7. The molecule has 5 unspecified atom stereocenters. The molecule has 0 saturated heterocycles. The van der Waals surface area contributed by atoms with Crippen LogP contribution >= 0.6 is 0 Å². The van der Waals surface area contributed by atoms with Crippen molar-refractivity contribution in [3.05, 3.63) is 0 Å². The summed E-state index contributed by atoms with van der Waals surface area (Å²) in [6.07, 6.45) is 14.7. The van der Waals surface area contributed by atoms with Gasteiger partial charge in [-0.15, -0.1) is 0 Å². The van der Waals surface area contributed by atoms with E-state index in [9.17, 15) is 9.90 Å². The molecule has 4 aliphatic rings. The molecule has 4 aliphatic carbocycles. The Bertz CT molecular complexity index is 634. The first-order valence-electron chi connectivity index (χ1n) is 13.2. The van der Waals surface area contributed by atoms with Crippen LogP contribution in [0.4, 0.5) is 0 Å². The zero-order valence-corrected chi connectivity index (χ0v) is 20.3. The van der Waals surface area contributed by atoms with Gasteiger partial charge < -0.3 is 10.4 Å². The van der Waals surface area contributed by atoms with Crippen molar-refractivity contribution in [3.8, 4) is 0 Å². The summed E-state index contributed by atoms with van der Waals surface area (Å²) in [5, 5.41) is 12.7. The fourth-order valence-electron chi connectivity index (χ4n) is 9.79. The molecule has 4 fully saturated rings. The van der Waals surface area contributed by atoms with Crippen molar-refractivity contribution in [2.24, 2.45) is 52.3 Å². The molecule has 4 rings (SSSR count). The summed E-state index contributed by atoms with van der Waals surface area (Å²) < 4.78 is 0. The molecule has 3 nitrogen and oxygen atoms in total. The molecule has 172 valence electrons. The topological polar surface area (TPSA) is 49.3 Å². The lowest BCUT2D eigenvalue weighted by molar-refractivity contribution is -0.145. The van der Waals surface area contributed by atoms with Crippen LogP contribution in [0.25, 0.3) is 0 Å². The van der Waals surface area contributed by atoms with Crippen molar-refractivity contribution in [2.45, 2.75) is 104 Å². The van der Waals surface area contributed by atoms with Crippen LogP contribution in [0.3, 0.4) is 0 Å². The van der Waals surface area contributed by atoms with E-state index < -0.39 is 5.97 Å². The van der Waals surface area contributed by atoms with Crippen LogP contribution < -0.4 is 5.32 Å². The summed E-state index contributed by atoms with van der Waals surface area (Å²) in [6, 6.07) is -0.363. The first-order chi connectivity index (χ1) is 14.3. The lowest BCUT2D eigenvalue weighted by atomic mass is 9.43. The second-order valence-electron chi connectivity index (χ2n) is 12.3. The van der Waals surface area contributed by atoms with Crippen LogP contribution in [0, 0.1) is 52.3 Å². The third-order valence-electron chi connectivity index (χ3n) is 11.3. The van der Waals surface area contributed by atoms with E-state index in [4.69, 9.17) is 0 Å². The Kier molecular flexibility index (Phi) is 6.34. The van der Waals surface area contributed by atoms with Crippen LogP contribution in [0.2, 0.25) is 0 Å². The number of hydrogen-bond acceptors (Lipinski definition) is 2. The number of hydrogen-bond donors (Lipinski definition) is 2. The van der Waals surface area contributed by atoms with Gasteiger partial charge >= 0.3 is 5.97 Å². The van der Waals surface area contributed by atoms with Gasteiger partial charge in [-0.2, -0.15) is 0 Å². The van der Waals surface area contributed by atoms with Crippen LogP contribution in [0.1, 0.15) is 98.3 Å². The van der Waals surface area contributed by atoms with Gasteiger partial charge in [0.25, 0.3) is 0 Å². The Labute approximate surface area is 185 Å². The van der Waals surface area contributed by atoms with Gasteiger partial charge in [0.15, 0.2) is 0 Å². The number of carbonyl (C=O) groups is 1. The molecule has 0 spiro atoms. The second-order valence-corrected chi connectivity index (χ2v) is 12.3. The van der Waals surface area contributed by atoms with Crippen molar-refractivity contribution in [2.75, 3.05) is 7.05 Å². The molecule has 4 saturated carbocycles. The van der Waals surface area contributed by atoms with E-state index in [0.29, 0.717) is 16.7 Å². The van der Waals surface area contributed by atoms with E-state index in [1.165, 1.54) is 57.8 Å². The van der Waals surface area contributed by atoms with Gasteiger partial charge in [-0.25, -0.2) is 0 Å². The fraction of sp³-hybridized carbons (Fsp3) is 0.963. The molecule has 2 N–H and O–H groups in total. The highest BCUT2D eigenvalue weighted by Crippen LogP contribution is 2.68. The summed E-state index contributed by atoms with van der Waals surface area (Å²) in [6.45, 7) is 10.2. The van der Waals surface area contributed by atoms with Crippen LogP contribution in [-0.2, 0) is 4.79 Å². The maximum Gasteiger partial charge on any atom is 0.320 e. The minimum Gasteiger partial charge on any atom is -0.480 e. The Balaban J connectivity index is 1.50. The van der Waals surface area contributed by atoms with Crippen molar-refractivity contribution < 1.29 is 9.90 Å². The van der Waals surface area contributed by atoms with Gasteiger partial charge in [0.2, 0.25) is 0 Å². The summed E-state index contributed by atoms with van der Waals surface area (Å²) in [7, 11) is 1.82. The Morgan fingerprint density at radius 3 is 2.40 bits per heavy atom. The van der Waals surface area contributed by atoms with Gasteiger partial charge in [0.05, 0.1) is 0 Å². The minimum atomic E-state index is -0.661. The number of carboxylic acid groups (broad SMARTS) is 1. The fourth-order valence-corrected chi connectivity index (χ4v) is 9.79. The normalized spacial score (nSPS) is 47.6. The van der Waals surface area contributed by atoms with E-state index in [2.05, 4.69) is 33.0 Å². The van der Waals surface area contributed by atoms with E-state index in [0.717, 1.165) is 48.3 Å². The lowest BCUT2D eigenvalue weighted by Crippen LogP contribution is -2.55. The molecule has 30 heavy (non-hydrogen) atoms. The van der Waals surface area contributed by atoms with Crippen molar-refractivity contribution in [1.29, 1.82) is 0 Å². The quantitative estimate of drug-likeness (QED) is 0.528. The molecule has 0 aromatic carbocycles. The predicted molar refractivity (Wildman–Crippen MR) is 123 cm³/mol. The molecule has 0 radical (unpaired) electrons. The summed E-state index contributed by atoms with van der Waals surface area (Å²) in [5.74, 6) is 4.96. The highest BCUT2D eigenvalue weighted by Gasteiger charge is 2.60. The minimum absolute atomic E-state index is 0.307. The highest BCUT2D eigenvalue weighted by atomic mass is 16.4. The largest absolute Gasteiger partial charge is 0.480 e.